The van der Waals surface area contributed by atoms with Crippen molar-refractivity contribution in [2.45, 2.75) is 65.2 Å². The number of rotatable bonds is 9. The number of pyridine rings is 1. The minimum Gasteiger partial charge on any atom is -0.356 e. The third-order valence-corrected chi connectivity index (χ3v) is 7.73. The van der Waals surface area contributed by atoms with Crippen molar-refractivity contribution in [2.24, 2.45) is 0 Å². The first kappa shape index (κ1) is 24.0. The molecule has 1 amide bonds. The number of thioether (sulfide) groups is 1. The van der Waals surface area contributed by atoms with E-state index >= 15 is 0 Å². The monoisotopic (exact) mass is 484 g/mol. The molecule has 4 rings (SSSR count). The van der Waals surface area contributed by atoms with Crippen molar-refractivity contribution in [1.29, 1.82) is 0 Å². The van der Waals surface area contributed by atoms with E-state index in [9.17, 15) is 9.59 Å². The van der Waals surface area contributed by atoms with Crippen molar-refractivity contribution in [2.75, 3.05) is 24.5 Å². The molecule has 0 N–H and O–H groups in total. The van der Waals surface area contributed by atoms with Gasteiger partial charge in [-0.15, -0.1) is 0 Å². The lowest BCUT2D eigenvalue weighted by atomic mass is 10.1. The lowest BCUT2D eigenvalue weighted by molar-refractivity contribution is -0.122. The molecule has 2 aromatic heterocycles. The fourth-order valence-electron chi connectivity index (χ4n) is 4.47. The number of hydrogen-bond donors (Lipinski definition) is 0. The fourth-order valence-corrected chi connectivity index (χ4v) is 5.76. The van der Waals surface area contributed by atoms with Gasteiger partial charge in [-0.25, -0.2) is 4.98 Å². The summed E-state index contributed by atoms with van der Waals surface area (Å²) < 4.78 is 2.16. The van der Waals surface area contributed by atoms with Crippen LogP contribution in [0.4, 0.5) is 5.82 Å². The van der Waals surface area contributed by atoms with Crippen LogP contribution in [0.25, 0.3) is 11.7 Å². The number of nitrogens with zero attached hydrogens (tertiary/aromatic N) is 4. The van der Waals surface area contributed by atoms with Gasteiger partial charge in [0.15, 0.2) is 0 Å². The second-order valence-electron chi connectivity index (χ2n) is 8.83. The maximum atomic E-state index is 13.5. The molecule has 2 fully saturated rings. The molecular formula is C25H32N4O2S2. The van der Waals surface area contributed by atoms with Gasteiger partial charge in [0.2, 0.25) is 0 Å². The quantitative estimate of drug-likeness (QED) is 0.278. The average molecular weight is 485 g/mol. The van der Waals surface area contributed by atoms with E-state index in [1.165, 1.54) is 37.4 Å². The highest BCUT2D eigenvalue weighted by Gasteiger charge is 2.32. The van der Waals surface area contributed by atoms with E-state index in [-0.39, 0.29) is 11.5 Å². The van der Waals surface area contributed by atoms with E-state index < -0.39 is 0 Å². The predicted molar refractivity (Wildman–Crippen MR) is 141 cm³/mol. The van der Waals surface area contributed by atoms with Crippen LogP contribution in [0, 0.1) is 6.92 Å². The van der Waals surface area contributed by atoms with Crippen LogP contribution in [-0.4, -0.2) is 44.1 Å². The first-order valence-electron chi connectivity index (χ1n) is 12.0. The highest BCUT2D eigenvalue weighted by molar-refractivity contribution is 8.26. The second kappa shape index (κ2) is 10.8. The maximum absolute atomic E-state index is 13.5. The van der Waals surface area contributed by atoms with E-state index in [2.05, 4.69) is 11.8 Å². The van der Waals surface area contributed by atoms with Crippen LogP contribution in [0.3, 0.4) is 0 Å². The Morgan fingerprint density at radius 2 is 1.85 bits per heavy atom. The minimum atomic E-state index is -0.146. The van der Waals surface area contributed by atoms with Crippen LogP contribution in [0.2, 0.25) is 0 Å². The van der Waals surface area contributed by atoms with Gasteiger partial charge in [-0.2, -0.15) is 0 Å². The summed E-state index contributed by atoms with van der Waals surface area (Å²) in [7, 11) is 0. The Hall–Kier alpha value is -2.19. The number of aryl methyl sites for hydroxylation is 1. The highest BCUT2D eigenvalue weighted by Crippen LogP contribution is 2.34. The van der Waals surface area contributed by atoms with E-state index in [0.717, 1.165) is 44.3 Å². The predicted octanol–water partition coefficient (Wildman–Crippen LogP) is 5.16. The average Bonchev–Trinajstić information content (AvgIpc) is 3.42. The maximum Gasteiger partial charge on any atom is 0.267 e. The fraction of sp³-hybridized carbons (Fsp3) is 0.520. The molecule has 0 saturated carbocycles. The van der Waals surface area contributed by atoms with Crippen molar-refractivity contribution in [3.63, 3.8) is 0 Å². The smallest absolute Gasteiger partial charge is 0.267 e. The van der Waals surface area contributed by atoms with Gasteiger partial charge in [0.1, 0.15) is 15.8 Å². The lowest BCUT2D eigenvalue weighted by Gasteiger charge is -2.20. The van der Waals surface area contributed by atoms with Crippen molar-refractivity contribution in [3.05, 3.63) is 44.7 Å². The van der Waals surface area contributed by atoms with Crippen molar-refractivity contribution >= 4 is 51.7 Å². The van der Waals surface area contributed by atoms with Gasteiger partial charge in [-0.1, -0.05) is 69.1 Å². The highest BCUT2D eigenvalue weighted by atomic mass is 32.2. The van der Waals surface area contributed by atoms with Gasteiger partial charge in [-0.05, 0) is 43.9 Å². The molecule has 0 unspecified atom stereocenters. The Balaban J connectivity index is 1.62. The normalized spacial score (nSPS) is 17.8. The SMILES string of the molecule is CCCCCCCCN1C(=O)/C(=C\c2c(N3CCCC3)nc3c(C)cccn3c2=O)SC1=S. The molecule has 4 heterocycles. The van der Waals surface area contributed by atoms with Crippen LogP contribution in [-0.2, 0) is 4.79 Å². The second-order valence-corrected chi connectivity index (χ2v) is 10.5. The molecule has 0 aliphatic carbocycles. The molecule has 2 aliphatic heterocycles. The summed E-state index contributed by atoms with van der Waals surface area (Å²) in [5.41, 5.74) is 1.94. The number of fused-ring (bicyclic) bond motifs is 1. The molecule has 2 aliphatic rings. The number of thiocarbonyl (C=S) groups is 1. The Kier molecular flexibility index (Phi) is 7.86. The van der Waals surface area contributed by atoms with Crippen molar-refractivity contribution in [1.82, 2.24) is 14.3 Å². The molecule has 2 saturated heterocycles. The number of unbranched alkanes of at least 4 members (excludes halogenated alkanes) is 5. The standard InChI is InChI=1S/C25H32N4O2S2/c1-3-4-5-6-7-8-15-29-24(31)20(33-25(29)32)17-19-22(27-13-9-10-14-27)26-21-18(2)12-11-16-28(21)23(19)30/h11-12,16-17H,3-10,13-15H2,1-2H3/b20-17+. The Morgan fingerprint density at radius 1 is 1.12 bits per heavy atom. The summed E-state index contributed by atoms with van der Waals surface area (Å²) in [6.07, 6.45) is 12.6. The van der Waals surface area contributed by atoms with Crippen molar-refractivity contribution in [3.8, 4) is 0 Å². The Labute approximate surface area is 205 Å². The number of aromatic nitrogens is 2. The summed E-state index contributed by atoms with van der Waals surface area (Å²) in [5, 5.41) is 0. The molecule has 6 nitrogen and oxygen atoms in total. The van der Waals surface area contributed by atoms with E-state index in [0.29, 0.717) is 32.8 Å². The Bertz CT molecular complexity index is 1140. The molecule has 2 aromatic rings. The number of anilines is 1. The molecule has 0 radical (unpaired) electrons. The Morgan fingerprint density at radius 3 is 2.61 bits per heavy atom. The summed E-state index contributed by atoms with van der Waals surface area (Å²) in [4.78, 5) is 35.9. The molecule has 0 spiro atoms. The first-order valence-corrected chi connectivity index (χ1v) is 13.3. The minimum absolute atomic E-state index is 0.0975. The van der Waals surface area contributed by atoms with Crippen LogP contribution in [0.1, 0.15) is 69.4 Å². The number of amides is 1. The van der Waals surface area contributed by atoms with Gasteiger partial charge in [-0.3, -0.25) is 18.9 Å². The molecular weight excluding hydrogens is 452 g/mol. The molecule has 0 aromatic carbocycles. The van der Waals surface area contributed by atoms with Gasteiger partial charge in [0, 0.05) is 25.8 Å². The first-order chi connectivity index (χ1) is 16.0. The zero-order valence-electron chi connectivity index (χ0n) is 19.5. The van der Waals surface area contributed by atoms with E-state index in [1.54, 1.807) is 21.6 Å². The zero-order valence-corrected chi connectivity index (χ0v) is 21.1. The van der Waals surface area contributed by atoms with Gasteiger partial charge >= 0.3 is 0 Å². The van der Waals surface area contributed by atoms with Gasteiger partial charge in [0.25, 0.3) is 11.5 Å². The molecule has 8 heteroatoms. The largest absolute Gasteiger partial charge is 0.356 e. The van der Waals surface area contributed by atoms with Gasteiger partial charge < -0.3 is 4.90 Å². The molecule has 0 atom stereocenters. The zero-order chi connectivity index (χ0) is 23.4. The van der Waals surface area contributed by atoms with E-state index in [4.69, 9.17) is 17.2 Å². The summed E-state index contributed by atoms with van der Waals surface area (Å²) in [6.45, 7) is 6.55. The van der Waals surface area contributed by atoms with Crippen LogP contribution >= 0.6 is 24.0 Å². The van der Waals surface area contributed by atoms with Crippen LogP contribution in [0.5, 0.6) is 0 Å². The third kappa shape index (κ3) is 5.17. The number of carbonyl (C=O) groups is 1. The van der Waals surface area contributed by atoms with Crippen LogP contribution < -0.4 is 10.5 Å². The van der Waals surface area contributed by atoms with Crippen molar-refractivity contribution < 1.29 is 4.79 Å². The summed E-state index contributed by atoms with van der Waals surface area (Å²) >= 11 is 6.81. The topological polar surface area (TPSA) is 57.9 Å². The van der Waals surface area contributed by atoms with Gasteiger partial charge in [0.05, 0.1) is 10.5 Å². The summed E-state index contributed by atoms with van der Waals surface area (Å²) in [5.74, 6) is 0.577. The van der Waals surface area contributed by atoms with Crippen LogP contribution in [0.15, 0.2) is 28.0 Å². The number of carbonyl (C=O) groups excluding carboxylic acids is 1. The summed E-state index contributed by atoms with van der Waals surface area (Å²) in [6, 6.07) is 3.81. The molecule has 33 heavy (non-hydrogen) atoms. The lowest BCUT2D eigenvalue weighted by Crippen LogP contribution is -2.29. The molecule has 176 valence electrons. The third-order valence-electron chi connectivity index (χ3n) is 6.35. The van der Waals surface area contributed by atoms with E-state index in [1.807, 2.05) is 19.1 Å². The molecule has 0 bridgehead atoms. The number of hydrogen-bond acceptors (Lipinski definition) is 6.